The molecule has 13 heteroatoms. The summed E-state index contributed by atoms with van der Waals surface area (Å²) in [6.07, 6.45) is 5.64. The molecule has 4 rings (SSSR count). The topological polar surface area (TPSA) is 130 Å². The van der Waals surface area contributed by atoms with Crippen molar-refractivity contribution in [1.29, 1.82) is 0 Å². The van der Waals surface area contributed by atoms with Crippen LogP contribution in [-0.4, -0.2) is 59.6 Å². The Labute approximate surface area is 192 Å². The van der Waals surface area contributed by atoms with E-state index in [1.54, 1.807) is 6.07 Å². The van der Waals surface area contributed by atoms with Crippen molar-refractivity contribution in [1.82, 2.24) is 24.2 Å². The predicted molar refractivity (Wildman–Crippen MR) is 120 cm³/mol. The lowest BCUT2D eigenvalue weighted by molar-refractivity contribution is 0.103. The Hall–Kier alpha value is -3.97. The highest BCUT2D eigenvalue weighted by Gasteiger charge is 2.26. The van der Waals surface area contributed by atoms with Crippen molar-refractivity contribution in [2.45, 2.75) is 0 Å². The smallest absolute Gasteiger partial charge is 0.301 e. The van der Waals surface area contributed by atoms with Crippen molar-refractivity contribution in [3.63, 3.8) is 0 Å². The summed E-state index contributed by atoms with van der Waals surface area (Å²) < 4.78 is 61.6. The zero-order chi connectivity index (χ0) is 24.6. The Bertz CT molecular complexity index is 1500. The highest BCUT2D eigenvalue weighted by molar-refractivity contribution is 7.90. The van der Waals surface area contributed by atoms with Crippen LogP contribution in [0.25, 0.3) is 22.3 Å². The molecule has 0 saturated carbocycles. The summed E-state index contributed by atoms with van der Waals surface area (Å²) in [5.74, 6) is -3.16. The Balaban J connectivity index is 1.78. The Kier molecular flexibility index (Phi) is 5.98. The number of ether oxygens (including phenoxy) is 1. The summed E-state index contributed by atoms with van der Waals surface area (Å²) in [7, 11) is -0.164. The molecule has 1 aromatic carbocycles. The molecule has 2 N–H and O–H groups in total. The standard InChI is InChI=1S/C21H18F2N6O4S/c1-29(2)34(31,32)28-15-5-4-14(22)18(19(15)23)20(30)13-8-27-21-12(13)6-11(7-26-21)16-9-25-17(33-3)10-24-16/h4-10,28H,1-3H3,(H,26,27). The van der Waals surface area contributed by atoms with Gasteiger partial charge in [0.2, 0.25) is 11.7 Å². The minimum Gasteiger partial charge on any atom is -0.480 e. The van der Waals surface area contributed by atoms with Crippen LogP contribution in [-0.2, 0) is 10.2 Å². The highest BCUT2D eigenvalue weighted by Crippen LogP contribution is 2.29. The number of methoxy groups -OCH3 is 1. The number of aromatic nitrogens is 4. The van der Waals surface area contributed by atoms with Crippen molar-refractivity contribution < 1.29 is 26.7 Å². The number of hydrogen-bond acceptors (Lipinski definition) is 7. The molecule has 0 aliphatic heterocycles. The van der Waals surface area contributed by atoms with Gasteiger partial charge in [0.25, 0.3) is 0 Å². The fourth-order valence-electron chi connectivity index (χ4n) is 3.11. The molecule has 0 aliphatic carbocycles. The van der Waals surface area contributed by atoms with Crippen molar-refractivity contribution in [3.05, 3.63) is 65.7 Å². The third-order valence-corrected chi connectivity index (χ3v) is 6.39. The lowest BCUT2D eigenvalue weighted by Crippen LogP contribution is -2.29. The minimum absolute atomic E-state index is 0.0590. The number of fused-ring (bicyclic) bond motifs is 1. The molecule has 0 saturated heterocycles. The van der Waals surface area contributed by atoms with E-state index in [4.69, 9.17) is 4.74 Å². The summed E-state index contributed by atoms with van der Waals surface area (Å²) in [6, 6.07) is 3.30. The summed E-state index contributed by atoms with van der Waals surface area (Å²) in [4.78, 5) is 28.5. The van der Waals surface area contributed by atoms with Crippen LogP contribution < -0.4 is 9.46 Å². The van der Waals surface area contributed by atoms with E-state index in [2.05, 4.69) is 19.9 Å². The number of nitrogens with zero attached hydrogens (tertiary/aromatic N) is 4. The number of aromatic amines is 1. The molecule has 3 heterocycles. The van der Waals surface area contributed by atoms with Crippen LogP contribution in [0.5, 0.6) is 5.88 Å². The number of carbonyl (C=O) groups excluding carboxylic acids is 1. The second-order valence-corrected chi connectivity index (χ2v) is 9.15. The lowest BCUT2D eigenvalue weighted by Gasteiger charge is -2.15. The van der Waals surface area contributed by atoms with Crippen LogP contribution in [0.2, 0.25) is 0 Å². The molecule has 0 spiro atoms. The SMILES string of the molecule is COc1cnc(-c2cnc3[nH]cc(C(=O)c4c(F)ccc(NS(=O)(=O)N(C)C)c4F)c3c2)cn1. The van der Waals surface area contributed by atoms with Gasteiger partial charge in [-0.1, -0.05) is 0 Å². The van der Waals surface area contributed by atoms with Crippen molar-refractivity contribution >= 4 is 32.7 Å². The Morgan fingerprint density at radius 3 is 2.53 bits per heavy atom. The van der Waals surface area contributed by atoms with Crippen molar-refractivity contribution in [2.75, 3.05) is 25.9 Å². The number of ketones is 1. The first-order chi connectivity index (χ1) is 16.1. The average Bonchev–Trinajstić information content (AvgIpc) is 3.24. The van der Waals surface area contributed by atoms with Gasteiger partial charge in [-0.2, -0.15) is 12.7 Å². The van der Waals surface area contributed by atoms with Gasteiger partial charge in [-0.15, -0.1) is 0 Å². The van der Waals surface area contributed by atoms with Gasteiger partial charge in [0.15, 0.2) is 5.82 Å². The highest BCUT2D eigenvalue weighted by atomic mass is 32.2. The first-order valence-electron chi connectivity index (χ1n) is 9.69. The van der Waals surface area contributed by atoms with Crippen LogP contribution in [0, 0.1) is 11.6 Å². The molecule has 0 fully saturated rings. The maximum Gasteiger partial charge on any atom is 0.301 e. The summed E-state index contributed by atoms with van der Waals surface area (Å²) in [6.45, 7) is 0. The second kappa shape index (κ2) is 8.76. The second-order valence-electron chi connectivity index (χ2n) is 7.27. The van der Waals surface area contributed by atoms with E-state index in [1.165, 1.54) is 46.0 Å². The van der Waals surface area contributed by atoms with Crippen LogP contribution in [0.4, 0.5) is 14.5 Å². The van der Waals surface area contributed by atoms with E-state index < -0.39 is 38.9 Å². The minimum atomic E-state index is -4.09. The molecule has 34 heavy (non-hydrogen) atoms. The molecule has 0 unspecified atom stereocenters. The van der Waals surface area contributed by atoms with E-state index >= 15 is 4.39 Å². The number of anilines is 1. The van der Waals surface area contributed by atoms with Crippen molar-refractivity contribution in [2.24, 2.45) is 0 Å². The van der Waals surface area contributed by atoms with E-state index in [0.717, 1.165) is 16.4 Å². The van der Waals surface area contributed by atoms with Gasteiger partial charge in [-0.3, -0.25) is 9.52 Å². The summed E-state index contributed by atoms with van der Waals surface area (Å²) in [5, 5.41) is 0.290. The van der Waals surface area contributed by atoms with Crippen LogP contribution in [0.3, 0.4) is 0 Å². The monoisotopic (exact) mass is 488 g/mol. The third kappa shape index (κ3) is 4.18. The van der Waals surface area contributed by atoms with Gasteiger partial charge >= 0.3 is 10.2 Å². The van der Waals surface area contributed by atoms with Gasteiger partial charge in [0.05, 0.1) is 36.4 Å². The fraction of sp³-hybridized carbons (Fsp3) is 0.143. The summed E-state index contributed by atoms with van der Waals surface area (Å²) >= 11 is 0. The van der Waals surface area contributed by atoms with Gasteiger partial charge in [0.1, 0.15) is 11.5 Å². The Morgan fingerprint density at radius 1 is 1.12 bits per heavy atom. The molecular weight excluding hydrogens is 470 g/mol. The molecule has 3 aromatic heterocycles. The largest absolute Gasteiger partial charge is 0.480 e. The lowest BCUT2D eigenvalue weighted by atomic mass is 10.0. The number of H-pyrrole nitrogens is 1. The van der Waals surface area contributed by atoms with E-state index in [1.807, 2.05) is 4.72 Å². The predicted octanol–water partition coefficient (Wildman–Crippen LogP) is 2.76. The molecule has 10 nitrogen and oxygen atoms in total. The maximum absolute atomic E-state index is 15.1. The Morgan fingerprint density at radius 2 is 1.88 bits per heavy atom. The van der Waals surface area contributed by atoms with Gasteiger partial charge in [0, 0.05) is 43.0 Å². The number of benzene rings is 1. The molecular formula is C21H18F2N6O4S. The first-order valence-corrected chi connectivity index (χ1v) is 11.1. The zero-order valence-electron chi connectivity index (χ0n) is 18.1. The van der Waals surface area contributed by atoms with E-state index in [9.17, 15) is 17.6 Å². The molecule has 4 aromatic rings. The first kappa shape index (κ1) is 23.2. The summed E-state index contributed by atoms with van der Waals surface area (Å²) in [5.41, 5.74) is -0.285. The van der Waals surface area contributed by atoms with Crippen LogP contribution in [0.1, 0.15) is 15.9 Å². The average molecular weight is 488 g/mol. The number of carbonyl (C=O) groups is 1. The molecule has 176 valence electrons. The van der Waals surface area contributed by atoms with E-state index in [-0.39, 0.29) is 10.9 Å². The molecule has 0 atom stereocenters. The van der Waals surface area contributed by atoms with Gasteiger partial charge in [-0.05, 0) is 18.2 Å². The number of nitrogens with one attached hydrogen (secondary N) is 2. The number of halogens is 2. The number of pyridine rings is 1. The number of rotatable bonds is 7. The maximum atomic E-state index is 15.1. The quantitative estimate of drug-likeness (QED) is 0.383. The van der Waals surface area contributed by atoms with Gasteiger partial charge < -0.3 is 9.72 Å². The zero-order valence-corrected chi connectivity index (χ0v) is 18.9. The molecule has 0 bridgehead atoms. The molecule has 0 amide bonds. The third-order valence-electron chi connectivity index (χ3n) is 4.95. The van der Waals surface area contributed by atoms with Crippen LogP contribution in [0.15, 0.2) is 43.0 Å². The van der Waals surface area contributed by atoms with Gasteiger partial charge in [-0.25, -0.2) is 23.7 Å². The normalized spacial score (nSPS) is 11.7. The van der Waals surface area contributed by atoms with E-state index in [0.29, 0.717) is 22.8 Å². The molecule has 0 radical (unpaired) electrons. The number of hydrogen-bond donors (Lipinski definition) is 2. The van der Waals surface area contributed by atoms with Crippen molar-refractivity contribution in [3.8, 4) is 17.1 Å². The molecule has 0 aliphatic rings. The van der Waals surface area contributed by atoms with Crippen LogP contribution >= 0.6 is 0 Å². The fourth-order valence-corrected chi connectivity index (χ4v) is 3.72.